The van der Waals surface area contributed by atoms with Crippen LogP contribution in [0, 0.1) is 0 Å². The molecule has 2 rings (SSSR count). The number of aliphatic hydroxyl groups excluding tert-OH is 1. The van der Waals surface area contributed by atoms with Gasteiger partial charge in [-0.25, -0.2) is 0 Å². The predicted octanol–water partition coefficient (Wildman–Crippen LogP) is 2.31. The van der Waals surface area contributed by atoms with E-state index < -0.39 is 0 Å². The van der Waals surface area contributed by atoms with E-state index in [9.17, 15) is 0 Å². The summed E-state index contributed by atoms with van der Waals surface area (Å²) in [6, 6.07) is 7.76. The molecule has 1 aromatic carbocycles. The van der Waals surface area contributed by atoms with E-state index in [1.165, 1.54) is 0 Å². The maximum Gasteiger partial charge on any atom is 0.241 e. The van der Waals surface area contributed by atoms with Gasteiger partial charge in [-0.15, -0.1) is 0 Å². The molecule has 1 N–H and O–H groups in total. The minimum absolute atomic E-state index is 0.125. The highest BCUT2D eigenvalue weighted by Gasteiger charge is 2.11. The van der Waals surface area contributed by atoms with Crippen molar-refractivity contribution in [1.29, 1.82) is 0 Å². The second kappa shape index (κ2) is 6.79. The molecule has 0 aliphatic rings. The molecule has 0 spiro atoms. The first-order chi connectivity index (χ1) is 9.22. The molecule has 5 nitrogen and oxygen atoms in total. The molecule has 0 radical (unpaired) electrons. The van der Waals surface area contributed by atoms with Crippen molar-refractivity contribution in [3.05, 3.63) is 34.6 Å². The fourth-order valence-corrected chi connectivity index (χ4v) is 2.14. The number of halogens is 1. The van der Waals surface area contributed by atoms with Gasteiger partial charge >= 0.3 is 0 Å². The first kappa shape index (κ1) is 14.2. The average Bonchev–Trinajstić information content (AvgIpc) is 2.87. The zero-order valence-corrected chi connectivity index (χ0v) is 12.3. The van der Waals surface area contributed by atoms with Crippen LogP contribution in [-0.4, -0.2) is 39.8 Å². The van der Waals surface area contributed by atoms with Crippen LogP contribution in [0.2, 0.25) is 0 Å². The number of hydrogen-bond donors (Lipinski definition) is 1. The lowest BCUT2D eigenvalue weighted by atomic mass is 10.2. The van der Waals surface area contributed by atoms with E-state index in [4.69, 9.17) is 9.63 Å². The highest BCUT2D eigenvalue weighted by atomic mass is 79.9. The quantitative estimate of drug-likeness (QED) is 0.883. The summed E-state index contributed by atoms with van der Waals surface area (Å²) in [6.45, 7) is 4.14. The van der Waals surface area contributed by atoms with E-state index >= 15 is 0 Å². The van der Waals surface area contributed by atoms with Crippen molar-refractivity contribution < 1.29 is 9.63 Å². The second-order valence-electron chi connectivity index (χ2n) is 4.11. The fraction of sp³-hybridized carbons (Fsp3) is 0.385. The molecule has 102 valence electrons. The van der Waals surface area contributed by atoms with Gasteiger partial charge < -0.3 is 9.63 Å². The maximum absolute atomic E-state index is 8.95. The van der Waals surface area contributed by atoms with Crippen molar-refractivity contribution in [3.8, 4) is 11.4 Å². The third-order valence-electron chi connectivity index (χ3n) is 2.77. The molecule has 0 saturated carbocycles. The number of likely N-dealkylation sites (N-methyl/N-ethyl adjacent to an activating group) is 1. The Labute approximate surface area is 120 Å². The van der Waals surface area contributed by atoms with E-state index in [0.29, 0.717) is 24.8 Å². The van der Waals surface area contributed by atoms with Gasteiger partial charge in [-0.05, 0) is 18.7 Å². The Morgan fingerprint density at radius 2 is 2.26 bits per heavy atom. The molecule has 1 heterocycles. The van der Waals surface area contributed by atoms with Gasteiger partial charge in [0.1, 0.15) is 0 Å². The Bertz CT molecular complexity index is 530. The van der Waals surface area contributed by atoms with Crippen LogP contribution in [0.1, 0.15) is 12.8 Å². The van der Waals surface area contributed by atoms with Crippen LogP contribution in [0.4, 0.5) is 0 Å². The van der Waals surface area contributed by atoms with E-state index in [1.807, 2.05) is 36.1 Å². The zero-order chi connectivity index (χ0) is 13.7. The Morgan fingerprint density at radius 3 is 2.95 bits per heavy atom. The molecule has 0 bridgehead atoms. The molecule has 0 atom stereocenters. The smallest absolute Gasteiger partial charge is 0.241 e. The highest BCUT2D eigenvalue weighted by Crippen LogP contribution is 2.20. The Morgan fingerprint density at radius 1 is 1.42 bits per heavy atom. The van der Waals surface area contributed by atoms with Gasteiger partial charge in [-0.2, -0.15) is 4.98 Å². The van der Waals surface area contributed by atoms with Crippen molar-refractivity contribution in [2.75, 3.05) is 19.7 Å². The number of aliphatic hydroxyl groups is 1. The summed E-state index contributed by atoms with van der Waals surface area (Å²) in [5, 5.41) is 12.9. The van der Waals surface area contributed by atoms with Crippen molar-refractivity contribution in [2.24, 2.45) is 0 Å². The number of hydrogen-bond acceptors (Lipinski definition) is 5. The minimum atomic E-state index is 0.125. The molecule has 0 aliphatic carbocycles. The van der Waals surface area contributed by atoms with E-state index in [0.717, 1.165) is 16.6 Å². The lowest BCUT2D eigenvalue weighted by molar-refractivity contribution is 0.180. The average molecular weight is 326 g/mol. The molecular weight excluding hydrogens is 310 g/mol. The number of nitrogens with zero attached hydrogens (tertiary/aromatic N) is 3. The van der Waals surface area contributed by atoms with E-state index in [1.54, 1.807) is 0 Å². The summed E-state index contributed by atoms with van der Waals surface area (Å²) >= 11 is 3.42. The van der Waals surface area contributed by atoms with Crippen LogP contribution in [0.3, 0.4) is 0 Å². The standard InChI is InChI=1S/C13H16BrN3O2/c1-2-17(6-7-18)9-12-15-13(16-19-12)10-4-3-5-11(14)8-10/h3-5,8,18H,2,6-7,9H2,1H3. The monoisotopic (exact) mass is 325 g/mol. The van der Waals surface area contributed by atoms with Crippen molar-refractivity contribution in [1.82, 2.24) is 15.0 Å². The molecule has 19 heavy (non-hydrogen) atoms. The predicted molar refractivity (Wildman–Crippen MR) is 75.5 cm³/mol. The van der Waals surface area contributed by atoms with E-state index in [-0.39, 0.29) is 6.61 Å². The van der Waals surface area contributed by atoms with E-state index in [2.05, 4.69) is 26.1 Å². The summed E-state index contributed by atoms with van der Waals surface area (Å²) in [6.07, 6.45) is 0. The molecule has 0 unspecified atom stereocenters. The molecule has 0 amide bonds. The Balaban J connectivity index is 2.10. The van der Waals surface area contributed by atoms with Gasteiger partial charge in [0.05, 0.1) is 13.2 Å². The number of rotatable bonds is 6. The van der Waals surface area contributed by atoms with Crippen molar-refractivity contribution in [2.45, 2.75) is 13.5 Å². The van der Waals surface area contributed by atoms with Gasteiger partial charge in [-0.3, -0.25) is 4.90 Å². The lowest BCUT2D eigenvalue weighted by Crippen LogP contribution is -2.26. The largest absolute Gasteiger partial charge is 0.395 e. The molecule has 0 saturated heterocycles. The molecule has 6 heteroatoms. The topological polar surface area (TPSA) is 62.4 Å². The number of aromatic nitrogens is 2. The lowest BCUT2D eigenvalue weighted by Gasteiger charge is -2.15. The van der Waals surface area contributed by atoms with Gasteiger partial charge in [0, 0.05) is 16.6 Å². The van der Waals surface area contributed by atoms with Crippen LogP contribution in [0.15, 0.2) is 33.3 Å². The summed E-state index contributed by atoms with van der Waals surface area (Å²) < 4.78 is 6.22. The van der Waals surface area contributed by atoms with Crippen LogP contribution in [0.5, 0.6) is 0 Å². The van der Waals surface area contributed by atoms with Gasteiger partial charge in [0.25, 0.3) is 0 Å². The normalized spacial score (nSPS) is 11.2. The molecule has 1 aromatic heterocycles. The Hall–Kier alpha value is -1.24. The van der Waals surface area contributed by atoms with Crippen LogP contribution >= 0.6 is 15.9 Å². The van der Waals surface area contributed by atoms with Crippen molar-refractivity contribution >= 4 is 15.9 Å². The van der Waals surface area contributed by atoms with Crippen LogP contribution in [-0.2, 0) is 6.54 Å². The summed E-state index contributed by atoms with van der Waals surface area (Å²) in [5.41, 5.74) is 0.912. The summed E-state index contributed by atoms with van der Waals surface area (Å²) in [5.74, 6) is 1.14. The molecular formula is C13H16BrN3O2. The zero-order valence-electron chi connectivity index (χ0n) is 10.7. The van der Waals surface area contributed by atoms with Gasteiger partial charge in [0.15, 0.2) is 0 Å². The maximum atomic E-state index is 8.95. The first-order valence-corrected chi connectivity index (χ1v) is 6.94. The molecule has 0 fully saturated rings. The third kappa shape index (κ3) is 3.86. The third-order valence-corrected chi connectivity index (χ3v) is 3.27. The van der Waals surface area contributed by atoms with Crippen LogP contribution in [0.25, 0.3) is 11.4 Å². The fourth-order valence-electron chi connectivity index (χ4n) is 1.75. The van der Waals surface area contributed by atoms with Gasteiger partial charge in [0.2, 0.25) is 11.7 Å². The summed E-state index contributed by atoms with van der Waals surface area (Å²) in [7, 11) is 0. The minimum Gasteiger partial charge on any atom is -0.395 e. The van der Waals surface area contributed by atoms with Crippen molar-refractivity contribution in [3.63, 3.8) is 0 Å². The number of benzene rings is 1. The van der Waals surface area contributed by atoms with Crippen LogP contribution < -0.4 is 0 Å². The summed E-state index contributed by atoms with van der Waals surface area (Å²) in [4.78, 5) is 6.41. The molecule has 0 aliphatic heterocycles. The SMILES string of the molecule is CCN(CCO)Cc1nc(-c2cccc(Br)c2)no1. The second-order valence-corrected chi connectivity index (χ2v) is 5.03. The first-order valence-electron chi connectivity index (χ1n) is 6.14. The Kier molecular flexibility index (Phi) is 5.07. The highest BCUT2D eigenvalue weighted by molar-refractivity contribution is 9.10. The molecule has 2 aromatic rings. The van der Waals surface area contributed by atoms with Gasteiger partial charge in [-0.1, -0.05) is 40.1 Å².